The zero-order chi connectivity index (χ0) is 24.2. The molecular weight excluding hydrogens is 508 g/mol. The number of hydrogen-bond acceptors (Lipinski definition) is 6. The Morgan fingerprint density at radius 2 is 1.97 bits per heavy atom. The van der Waals surface area contributed by atoms with Crippen molar-refractivity contribution in [3.05, 3.63) is 58.6 Å². The Bertz CT molecular complexity index is 1400. The number of rotatable bonds is 5. The number of hydrogen-bond donors (Lipinski definition) is 4. The molecule has 0 saturated heterocycles. The third-order valence-corrected chi connectivity index (χ3v) is 7.70. The number of anilines is 2. The molecule has 0 spiro atoms. The predicted octanol–water partition coefficient (Wildman–Crippen LogP) is 3.91. The number of aryl methyl sites for hydroxylation is 1. The fourth-order valence-electron chi connectivity index (χ4n) is 5.10. The average Bonchev–Trinajstić information content (AvgIpc) is 3.35. The maximum absolute atomic E-state index is 14.7. The Morgan fingerprint density at radius 1 is 1.18 bits per heavy atom. The van der Waals surface area contributed by atoms with E-state index in [1.165, 1.54) is 6.07 Å². The Balaban J connectivity index is 1.43. The van der Waals surface area contributed by atoms with Crippen LogP contribution in [0.2, 0.25) is 0 Å². The van der Waals surface area contributed by atoms with Crippen molar-refractivity contribution in [1.82, 2.24) is 14.5 Å². The first-order valence-corrected chi connectivity index (χ1v) is 11.7. The molecule has 0 radical (unpaired) electrons. The molecule has 4 aromatic rings. The average molecular weight is 532 g/mol. The lowest BCUT2D eigenvalue weighted by Crippen LogP contribution is -2.38. The summed E-state index contributed by atoms with van der Waals surface area (Å²) in [5, 5.41) is 22.9. The number of aliphatic hydroxyl groups excluding tert-OH is 2. The van der Waals surface area contributed by atoms with E-state index in [-0.39, 0.29) is 18.7 Å². The molecule has 34 heavy (non-hydrogen) atoms. The summed E-state index contributed by atoms with van der Waals surface area (Å²) in [6.45, 7) is -0.829. The summed E-state index contributed by atoms with van der Waals surface area (Å²) in [5.41, 5.74) is 12.8. The quantitative estimate of drug-likeness (QED) is 0.309. The molecule has 1 aromatic carbocycles. The largest absolute Gasteiger partial charge is 0.398 e. The summed E-state index contributed by atoms with van der Waals surface area (Å²) in [6, 6.07) is 7.58. The van der Waals surface area contributed by atoms with Gasteiger partial charge in [-0.15, -0.1) is 0 Å². The number of alkyl halides is 1. The van der Waals surface area contributed by atoms with Gasteiger partial charge in [-0.05, 0) is 71.1 Å². The fourth-order valence-corrected chi connectivity index (χ4v) is 5.42. The molecule has 1 saturated carbocycles. The maximum Gasteiger partial charge on any atom is 0.142 e. The van der Waals surface area contributed by atoms with Crippen LogP contribution in [0, 0.1) is 11.2 Å². The minimum absolute atomic E-state index is 0.195. The van der Waals surface area contributed by atoms with E-state index in [1.807, 2.05) is 0 Å². The lowest BCUT2D eigenvalue weighted by molar-refractivity contribution is -0.0395. The minimum Gasteiger partial charge on any atom is -0.398 e. The number of benzene rings is 1. The number of aromatic nitrogens is 3. The van der Waals surface area contributed by atoms with Crippen molar-refractivity contribution >= 4 is 49.4 Å². The molecule has 0 amide bonds. The molecular formula is C24H24BrF2N5O2. The van der Waals surface area contributed by atoms with Crippen LogP contribution in [-0.4, -0.2) is 43.6 Å². The Kier molecular flexibility index (Phi) is 5.70. The normalized spacial score (nSPS) is 24.9. The van der Waals surface area contributed by atoms with Gasteiger partial charge in [0.05, 0.1) is 28.8 Å². The highest BCUT2D eigenvalue weighted by Gasteiger charge is 2.53. The molecule has 10 heteroatoms. The number of pyridine rings is 2. The van der Waals surface area contributed by atoms with E-state index in [0.29, 0.717) is 38.7 Å². The van der Waals surface area contributed by atoms with Gasteiger partial charge in [-0.1, -0.05) is 0 Å². The molecule has 178 valence electrons. The first kappa shape index (κ1) is 22.9. The van der Waals surface area contributed by atoms with Gasteiger partial charge in [-0.25, -0.2) is 14.4 Å². The number of fused-ring (bicyclic) bond motifs is 2. The lowest BCUT2D eigenvalue weighted by atomic mass is 9.79. The Hall–Kier alpha value is -2.82. The van der Waals surface area contributed by atoms with Crippen molar-refractivity contribution < 1.29 is 19.0 Å². The lowest BCUT2D eigenvalue weighted by Gasteiger charge is -2.30. The van der Waals surface area contributed by atoms with Crippen LogP contribution in [0.5, 0.6) is 0 Å². The maximum atomic E-state index is 14.7. The summed E-state index contributed by atoms with van der Waals surface area (Å²) in [5.74, 6) is -0.211. The number of halogens is 3. The van der Waals surface area contributed by atoms with Gasteiger partial charge >= 0.3 is 0 Å². The van der Waals surface area contributed by atoms with Crippen LogP contribution in [0.4, 0.5) is 20.3 Å². The van der Waals surface area contributed by atoms with Gasteiger partial charge in [0.15, 0.2) is 0 Å². The first-order valence-electron chi connectivity index (χ1n) is 10.9. The third-order valence-electron chi connectivity index (χ3n) is 7.07. The second-order valence-corrected chi connectivity index (χ2v) is 9.92. The summed E-state index contributed by atoms with van der Waals surface area (Å²) < 4.78 is 31.4. The molecule has 0 unspecified atom stereocenters. The Morgan fingerprint density at radius 3 is 2.74 bits per heavy atom. The highest BCUT2D eigenvalue weighted by Crippen LogP contribution is 2.49. The van der Waals surface area contributed by atoms with Crippen LogP contribution in [-0.2, 0) is 6.42 Å². The second kappa shape index (κ2) is 8.44. The van der Waals surface area contributed by atoms with E-state index in [4.69, 9.17) is 11.5 Å². The van der Waals surface area contributed by atoms with Gasteiger partial charge < -0.3 is 26.2 Å². The van der Waals surface area contributed by atoms with Crippen molar-refractivity contribution in [3.63, 3.8) is 0 Å². The van der Waals surface area contributed by atoms with E-state index in [1.54, 1.807) is 41.2 Å². The van der Waals surface area contributed by atoms with Crippen LogP contribution < -0.4 is 11.5 Å². The smallest absolute Gasteiger partial charge is 0.142 e. The third kappa shape index (κ3) is 3.60. The topological polar surface area (TPSA) is 123 Å². The van der Waals surface area contributed by atoms with Crippen LogP contribution in [0.1, 0.15) is 24.4 Å². The monoisotopic (exact) mass is 531 g/mol. The van der Waals surface area contributed by atoms with Crippen molar-refractivity contribution in [2.24, 2.45) is 5.41 Å². The first-order chi connectivity index (χ1) is 16.2. The minimum atomic E-state index is -1.30. The highest BCUT2D eigenvalue weighted by molar-refractivity contribution is 9.10. The highest BCUT2D eigenvalue weighted by atomic mass is 79.9. The number of nitrogens with two attached hydrogens (primary N) is 2. The molecule has 6 N–H and O–H groups in total. The van der Waals surface area contributed by atoms with Gasteiger partial charge in [0.1, 0.15) is 23.4 Å². The fraction of sp³-hybridized carbons (Fsp3) is 0.333. The molecule has 3 aromatic heterocycles. The zero-order valence-electron chi connectivity index (χ0n) is 18.1. The van der Waals surface area contributed by atoms with E-state index in [9.17, 15) is 19.0 Å². The molecule has 5 rings (SSSR count). The summed E-state index contributed by atoms with van der Waals surface area (Å²) in [6.07, 6.45) is 1.53. The standard InChI is InChI=1S/C24H24BrF2N5O2/c25-15-9-14-16(27)7-12(8-18(14)31-22(15)29)1-4-24(11-26)10-19(20(33)21(24)34)32-6-3-13-17(28)2-5-30-23(13)32/h2-3,5-9,19-21,33-34H,1,4,10-11H2,(H2,28,30)(H2,29,31)/t19-,20+,21+,24+/m1/s1. The van der Waals surface area contributed by atoms with Crippen LogP contribution >= 0.6 is 15.9 Å². The summed E-state index contributed by atoms with van der Waals surface area (Å²) in [4.78, 5) is 8.59. The molecule has 1 aliphatic carbocycles. The second-order valence-electron chi connectivity index (χ2n) is 9.06. The van der Waals surface area contributed by atoms with Crippen LogP contribution in [0.25, 0.3) is 21.9 Å². The zero-order valence-corrected chi connectivity index (χ0v) is 19.7. The Labute approximate surface area is 202 Å². The molecule has 4 atom stereocenters. The van der Waals surface area contributed by atoms with Crippen LogP contribution in [0.3, 0.4) is 0 Å². The predicted molar refractivity (Wildman–Crippen MR) is 130 cm³/mol. The van der Waals surface area contributed by atoms with Gasteiger partial charge in [0.25, 0.3) is 0 Å². The van der Waals surface area contributed by atoms with Crippen LogP contribution in [0.15, 0.2) is 47.2 Å². The summed E-state index contributed by atoms with van der Waals surface area (Å²) >= 11 is 3.25. The molecule has 0 bridgehead atoms. The van der Waals surface area contributed by atoms with E-state index in [0.717, 1.165) is 5.39 Å². The molecule has 1 aliphatic rings. The number of aliphatic hydroxyl groups is 2. The van der Waals surface area contributed by atoms with Crippen molar-refractivity contribution in [2.45, 2.75) is 37.5 Å². The summed E-state index contributed by atoms with van der Waals surface area (Å²) in [7, 11) is 0. The molecule has 1 fully saturated rings. The SMILES string of the molecule is Nc1nc2cc(CC[C@@]3(CF)C[C@@H](n4ccc5c(N)ccnc54)[C@H](O)[C@@H]3O)cc(F)c2cc1Br. The molecule has 0 aliphatic heterocycles. The van der Waals surface area contributed by atoms with Crippen molar-refractivity contribution in [2.75, 3.05) is 18.1 Å². The number of nitrogen functional groups attached to an aromatic ring is 2. The number of nitrogens with zero attached hydrogens (tertiary/aromatic N) is 3. The van der Waals surface area contributed by atoms with Gasteiger partial charge in [0.2, 0.25) is 0 Å². The van der Waals surface area contributed by atoms with Crippen molar-refractivity contribution in [3.8, 4) is 0 Å². The van der Waals surface area contributed by atoms with Crippen molar-refractivity contribution in [1.29, 1.82) is 0 Å². The van der Waals surface area contributed by atoms with E-state index < -0.39 is 36.2 Å². The molecule has 3 heterocycles. The molecule has 7 nitrogen and oxygen atoms in total. The van der Waals surface area contributed by atoms with E-state index in [2.05, 4.69) is 25.9 Å². The van der Waals surface area contributed by atoms with Gasteiger partial charge in [0, 0.05) is 34.3 Å². The van der Waals surface area contributed by atoms with Gasteiger partial charge in [-0.3, -0.25) is 4.39 Å². The van der Waals surface area contributed by atoms with Gasteiger partial charge in [-0.2, -0.15) is 0 Å². The van der Waals surface area contributed by atoms with E-state index >= 15 is 0 Å².